The summed E-state index contributed by atoms with van der Waals surface area (Å²) in [4.78, 5) is 41.3. The number of amides is 1. The molecule has 0 unspecified atom stereocenters. The molecule has 0 spiro atoms. The SMILES string of the molecule is CCOC(=O)[C@]1(Cc2ccc(F)cc2)CCCN(C(=O)c2cn(C)c3ccccc3c2=O)C1. The number of rotatable bonds is 5. The van der Waals surface area contributed by atoms with Gasteiger partial charge in [-0.2, -0.15) is 0 Å². The summed E-state index contributed by atoms with van der Waals surface area (Å²) in [6.07, 6.45) is 3.03. The van der Waals surface area contributed by atoms with Crippen molar-refractivity contribution in [2.75, 3.05) is 19.7 Å². The molecule has 2 heterocycles. The summed E-state index contributed by atoms with van der Waals surface area (Å²) in [6, 6.07) is 13.2. The van der Waals surface area contributed by atoms with Gasteiger partial charge in [-0.05, 0) is 56.0 Å². The number of benzene rings is 2. The molecule has 0 bridgehead atoms. The number of esters is 1. The van der Waals surface area contributed by atoms with Gasteiger partial charge in [0.1, 0.15) is 11.4 Å². The van der Waals surface area contributed by atoms with E-state index in [-0.39, 0.29) is 35.9 Å². The highest BCUT2D eigenvalue weighted by atomic mass is 19.1. The molecule has 172 valence electrons. The van der Waals surface area contributed by atoms with Crippen LogP contribution in [-0.4, -0.2) is 41.0 Å². The fourth-order valence-electron chi connectivity index (χ4n) is 4.73. The Morgan fingerprint density at radius 3 is 2.58 bits per heavy atom. The van der Waals surface area contributed by atoms with Crippen molar-refractivity contribution in [1.82, 2.24) is 9.47 Å². The van der Waals surface area contributed by atoms with Crippen molar-refractivity contribution >= 4 is 22.8 Å². The van der Waals surface area contributed by atoms with Gasteiger partial charge in [0.25, 0.3) is 5.91 Å². The number of carbonyl (C=O) groups excluding carboxylic acids is 2. The molecule has 3 aromatic rings. The first-order valence-electron chi connectivity index (χ1n) is 11.1. The molecular formula is C26H27FN2O4. The van der Waals surface area contributed by atoms with Gasteiger partial charge in [0.05, 0.1) is 17.5 Å². The first-order valence-corrected chi connectivity index (χ1v) is 11.1. The largest absolute Gasteiger partial charge is 0.466 e. The van der Waals surface area contributed by atoms with Gasteiger partial charge in [0.2, 0.25) is 5.43 Å². The summed E-state index contributed by atoms with van der Waals surface area (Å²) < 4.78 is 20.6. The lowest BCUT2D eigenvalue weighted by Crippen LogP contribution is -2.52. The van der Waals surface area contributed by atoms with Crippen molar-refractivity contribution in [3.63, 3.8) is 0 Å². The molecule has 0 radical (unpaired) electrons. The zero-order valence-corrected chi connectivity index (χ0v) is 18.8. The van der Waals surface area contributed by atoms with Crippen LogP contribution in [-0.2, 0) is 23.0 Å². The van der Waals surface area contributed by atoms with E-state index in [0.29, 0.717) is 31.2 Å². The molecule has 7 heteroatoms. The Labute approximate surface area is 191 Å². The van der Waals surface area contributed by atoms with Gasteiger partial charge in [-0.1, -0.05) is 24.3 Å². The third kappa shape index (κ3) is 4.40. The monoisotopic (exact) mass is 450 g/mol. The van der Waals surface area contributed by atoms with E-state index in [1.165, 1.54) is 12.1 Å². The molecule has 0 N–H and O–H groups in total. The quantitative estimate of drug-likeness (QED) is 0.556. The molecule has 1 aromatic heterocycles. The van der Waals surface area contributed by atoms with Crippen molar-refractivity contribution < 1.29 is 18.7 Å². The zero-order valence-electron chi connectivity index (χ0n) is 18.8. The Kier molecular flexibility index (Phi) is 6.31. The molecule has 1 atom stereocenters. The van der Waals surface area contributed by atoms with Gasteiger partial charge in [0.15, 0.2) is 0 Å². The molecule has 6 nitrogen and oxygen atoms in total. The first kappa shape index (κ1) is 22.7. The average molecular weight is 451 g/mol. The highest BCUT2D eigenvalue weighted by molar-refractivity contribution is 5.97. The molecule has 1 saturated heterocycles. The van der Waals surface area contributed by atoms with E-state index < -0.39 is 11.3 Å². The number of para-hydroxylation sites is 1. The van der Waals surface area contributed by atoms with Crippen LogP contribution >= 0.6 is 0 Å². The van der Waals surface area contributed by atoms with Crippen molar-refractivity contribution in [2.45, 2.75) is 26.2 Å². The van der Waals surface area contributed by atoms with Crippen LogP contribution < -0.4 is 5.43 Å². The predicted octanol–water partition coefficient (Wildman–Crippen LogP) is 3.71. The minimum atomic E-state index is -0.955. The Bertz CT molecular complexity index is 1250. The Morgan fingerprint density at radius 1 is 1.12 bits per heavy atom. The third-order valence-corrected chi connectivity index (χ3v) is 6.35. The maximum atomic E-state index is 13.5. The van der Waals surface area contributed by atoms with Crippen molar-refractivity contribution in [3.05, 3.63) is 81.9 Å². The Hall–Kier alpha value is -3.48. The number of hydrogen-bond donors (Lipinski definition) is 0. The number of pyridine rings is 1. The number of carbonyl (C=O) groups is 2. The molecule has 4 rings (SSSR count). The number of nitrogens with zero attached hydrogens (tertiary/aromatic N) is 2. The van der Waals surface area contributed by atoms with Crippen LogP contribution in [0.1, 0.15) is 35.7 Å². The second kappa shape index (κ2) is 9.17. The summed E-state index contributed by atoms with van der Waals surface area (Å²) in [7, 11) is 1.80. The lowest BCUT2D eigenvalue weighted by Gasteiger charge is -2.41. The number of aromatic nitrogens is 1. The van der Waals surface area contributed by atoms with Crippen LogP contribution in [0.15, 0.2) is 59.5 Å². The topological polar surface area (TPSA) is 68.6 Å². The van der Waals surface area contributed by atoms with Crippen LogP contribution in [0.25, 0.3) is 10.9 Å². The number of aryl methyl sites for hydroxylation is 1. The van der Waals surface area contributed by atoms with E-state index in [9.17, 15) is 18.8 Å². The predicted molar refractivity (Wildman–Crippen MR) is 123 cm³/mol. The smallest absolute Gasteiger partial charge is 0.314 e. The van der Waals surface area contributed by atoms with Crippen LogP contribution in [0.5, 0.6) is 0 Å². The number of ether oxygens (including phenoxy) is 1. The third-order valence-electron chi connectivity index (χ3n) is 6.35. The molecule has 0 aliphatic carbocycles. The van der Waals surface area contributed by atoms with Crippen molar-refractivity contribution in [3.8, 4) is 0 Å². The molecule has 1 aliphatic heterocycles. The highest BCUT2D eigenvalue weighted by Gasteiger charge is 2.45. The lowest BCUT2D eigenvalue weighted by molar-refractivity contribution is -0.158. The Balaban J connectivity index is 1.69. The Morgan fingerprint density at radius 2 is 1.85 bits per heavy atom. The van der Waals surface area contributed by atoms with Gasteiger partial charge in [-0.3, -0.25) is 14.4 Å². The molecule has 2 aromatic carbocycles. The van der Waals surface area contributed by atoms with E-state index in [4.69, 9.17) is 4.74 Å². The number of hydrogen-bond acceptors (Lipinski definition) is 4. The second-order valence-electron chi connectivity index (χ2n) is 8.63. The van der Waals surface area contributed by atoms with Gasteiger partial charge in [-0.15, -0.1) is 0 Å². The van der Waals surface area contributed by atoms with E-state index in [1.807, 2.05) is 12.1 Å². The lowest BCUT2D eigenvalue weighted by atomic mass is 9.75. The summed E-state index contributed by atoms with van der Waals surface area (Å²) in [5, 5.41) is 0.478. The standard InChI is InChI=1S/C26H27FN2O4/c1-3-33-25(32)26(15-18-9-11-19(27)12-10-18)13-6-14-29(17-26)24(31)21-16-28(2)22-8-5-4-7-20(22)23(21)30/h4-5,7-12,16H,3,6,13-15,17H2,1-2H3/t26-/m0/s1. The normalized spacial score (nSPS) is 18.3. The van der Waals surface area contributed by atoms with Crippen LogP contribution in [0.3, 0.4) is 0 Å². The minimum Gasteiger partial charge on any atom is -0.466 e. The van der Waals surface area contributed by atoms with Crippen LogP contribution in [0.2, 0.25) is 0 Å². The minimum absolute atomic E-state index is 0.0811. The molecular weight excluding hydrogens is 423 g/mol. The van der Waals surface area contributed by atoms with Gasteiger partial charge >= 0.3 is 5.97 Å². The van der Waals surface area contributed by atoms with Gasteiger partial charge < -0.3 is 14.2 Å². The van der Waals surface area contributed by atoms with Crippen LogP contribution in [0, 0.1) is 11.2 Å². The number of halogens is 1. The molecule has 1 fully saturated rings. The maximum Gasteiger partial charge on any atom is 0.314 e. The molecule has 33 heavy (non-hydrogen) atoms. The van der Waals surface area contributed by atoms with Crippen LogP contribution in [0.4, 0.5) is 4.39 Å². The number of piperidine rings is 1. The average Bonchev–Trinajstić information content (AvgIpc) is 2.83. The first-order chi connectivity index (χ1) is 15.8. The fourth-order valence-corrected chi connectivity index (χ4v) is 4.73. The molecule has 1 aliphatic rings. The summed E-state index contributed by atoms with van der Waals surface area (Å²) in [5.74, 6) is -1.12. The van der Waals surface area contributed by atoms with Gasteiger partial charge in [-0.25, -0.2) is 4.39 Å². The fraction of sp³-hybridized carbons (Fsp3) is 0.346. The van der Waals surface area contributed by atoms with E-state index in [2.05, 4.69) is 0 Å². The van der Waals surface area contributed by atoms with E-state index in [0.717, 1.165) is 11.1 Å². The summed E-state index contributed by atoms with van der Waals surface area (Å²) in [6.45, 7) is 2.55. The van der Waals surface area contributed by atoms with Crippen molar-refractivity contribution in [2.24, 2.45) is 12.5 Å². The number of likely N-dealkylation sites (tertiary alicyclic amines) is 1. The second-order valence-corrected chi connectivity index (χ2v) is 8.63. The van der Waals surface area contributed by atoms with E-state index in [1.54, 1.807) is 53.9 Å². The van der Waals surface area contributed by atoms with Crippen molar-refractivity contribution in [1.29, 1.82) is 0 Å². The zero-order chi connectivity index (χ0) is 23.6. The number of fused-ring (bicyclic) bond motifs is 1. The summed E-state index contributed by atoms with van der Waals surface area (Å²) >= 11 is 0. The van der Waals surface area contributed by atoms with E-state index >= 15 is 0 Å². The highest BCUT2D eigenvalue weighted by Crippen LogP contribution is 2.36. The maximum absolute atomic E-state index is 13.5. The molecule has 1 amide bonds. The van der Waals surface area contributed by atoms with Gasteiger partial charge in [0, 0.05) is 31.7 Å². The summed E-state index contributed by atoms with van der Waals surface area (Å²) in [5.41, 5.74) is 0.344. The molecule has 0 saturated carbocycles.